The topological polar surface area (TPSA) is 115 Å². The van der Waals surface area contributed by atoms with Crippen molar-refractivity contribution >= 4 is 38.2 Å². The molecule has 0 spiro atoms. The first-order valence-electron chi connectivity index (χ1n) is 6.33. The fourth-order valence-electron chi connectivity index (χ4n) is 1.64. The summed E-state index contributed by atoms with van der Waals surface area (Å²) in [4.78, 5) is 34.3. The Morgan fingerprint density at radius 2 is 0.870 bits per heavy atom. The molecule has 0 unspecified atom stereocenters. The summed E-state index contributed by atoms with van der Waals surface area (Å²) in [6, 6.07) is 17.4. The minimum atomic E-state index is -3.89. The maximum atomic E-state index is 10.5. The summed E-state index contributed by atoms with van der Waals surface area (Å²) in [7, 11) is -7.78. The molecule has 0 fully saturated rings. The zero-order valence-electron chi connectivity index (χ0n) is 12.4. The number of hydrogen-bond donors (Lipinski definition) is 4. The van der Waals surface area contributed by atoms with E-state index in [9.17, 15) is 9.13 Å². The first-order chi connectivity index (χ1) is 10.2. The van der Waals surface area contributed by atoms with Crippen molar-refractivity contribution in [2.75, 3.05) is 0 Å². The molecule has 0 amide bonds. The van der Waals surface area contributed by atoms with Crippen molar-refractivity contribution < 1.29 is 28.7 Å². The minimum absolute atomic E-state index is 0. The summed E-state index contributed by atoms with van der Waals surface area (Å²) in [5, 5.41) is 0. The average molecular weight is 369 g/mol. The molecule has 0 bridgehead atoms. The van der Waals surface area contributed by atoms with Gasteiger partial charge in [0.1, 0.15) is 0 Å². The van der Waals surface area contributed by atoms with Crippen molar-refractivity contribution in [1.29, 1.82) is 0 Å². The van der Waals surface area contributed by atoms with Crippen LogP contribution in [0.2, 0.25) is 0 Å². The van der Waals surface area contributed by atoms with Gasteiger partial charge in [0.2, 0.25) is 0 Å². The molecular weight excluding hydrogens is 350 g/mol. The highest BCUT2D eigenvalue weighted by atomic mass is 31.2. The molecule has 0 aliphatic rings. The van der Waals surface area contributed by atoms with Crippen molar-refractivity contribution in [1.82, 2.24) is 0 Å². The smallest absolute Gasteiger partial charge is 0.324 e. The van der Waals surface area contributed by atoms with Crippen molar-refractivity contribution in [3.63, 3.8) is 0 Å². The lowest BCUT2D eigenvalue weighted by Crippen LogP contribution is -1.84. The van der Waals surface area contributed by atoms with Crippen LogP contribution in [0.4, 0.5) is 0 Å². The molecule has 2 radical (unpaired) electrons. The molecular formula is C14H18MgO6P2. The maximum absolute atomic E-state index is 10.5. The summed E-state index contributed by atoms with van der Waals surface area (Å²) in [5.74, 6) is 0. The van der Waals surface area contributed by atoms with Gasteiger partial charge in [-0.25, -0.2) is 0 Å². The molecule has 0 heterocycles. The number of benzene rings is 2. The molecule has 122 valence electrons. The van der Waals surface area contributed by atoms with Crippen LogP contribution in [0.3, 0.4) is 0 Å². The maximum Gasteiger partial charge on any atom is 0.329 e. The van der Waals surface area contributed by atoms with Crippen LogP contribution in [0.5, 0.6) is 0 Å². The van der Waals surface area contributed by atoms with E-state index in [1.165, 1.54) is 0 Å². The summed E-state index contributed by atoms with van der Waals surface area (Å²) < 4.78 is 21.0. The molecule has 0 saturated heterocycles. The van der Waals surface area contributed by atoms with Crippen LogP contribution in [0.25, 0.3) is 0 Å². The molecule has 0 aliphatic carbocycles. The largest absolute Gasteiger partial charge is 0.329 e. The van der Waals surface area contributed by atoms with E-state index in [2.05, 4.69) is 0 Å². The van der Waals surface area contributed by atoms with Gasteiger partial charge in [0.15, 0.2) is 0 Å². The molecule has 6 nitrogen and oxygen atoms in total. The molecule has 2 rings (SSSR count). The summed E-state index contributed by atoms with van der Waals surface area (Å²) in [5.41, 5.74) is 1.33. The van der Waals surface area contributed by atoms with Crippen molar-refractivity contribution in [2.45, 2.75) is 12.3 Å². The second kappa shape index (κ2) is 10.4. The highest BCUT2D eigenvalue weighted by molar-refractivity contribution is 7.51. The van der Waals surface area contributed by atoms with Crippen molar-refractivity contribution in [3.05, 3.63) is 71.8 Å². The fourth-order valence-corrected chi connectivity index (χ4v) is 3.02. The summed E-state index contributed by atoms with van der Waals surface area (Å²) in [6.45, 7) is 0. The molecule has 2 aromatic carbocycles. The van der Waals surface area contributed by atoms with Gasteiger partial charge < -0.3 is 19.6 Å². The molecule has 0 saturated carbocycles. The highest BCUT2D eigenvalue weighted by Gasteiger charge is 2.13. The van der Waals surface area contributed by atoms with E-state index in [0.29, 0.717) is 11.1 Å². The van der Waals surface area contributed by atoms with Gasteiger partial charge in [0, 0.05) is 23.1 Å². The van der Waals surface area contributed by atoms with Gasteiger partial charge in [-0.3, -0.25) is 9.13 Å². The normalized spacial score (nSPS) is 11.0. The quantitative estimate of drug-likeness (QED) is 0.486. The summed E-state index contributed by atoms with van der Waals surface area (Å²) in [6.07, 6.45) is -0.346. The first kappa shape index (κ1) is 22.5. The van der Waals surface area contributed by atoms with Crippen LogP contribution in [0, 0.1) is 0 Å². The van der Waals surface area contributed by atoms with Crippen LogP contribution in [-0.4, -0.2) is 42.6 Å². The Morgan fingerprint density at radius 1 is 0.609 bits per heavy atom. The Morgan fingerprint density at radius 3 is 1.09 bits per heavy atom. The third-order valence-electron chi connectivity index (χ3n) is 2.46. The molecule has 0 aromatic heterocycles. The highest BCUT2D eigenvalue weighted by Crippen LogP contribution is 2.39. The van der Waals surface area contributed by atoms with E-state index >= 15 is 0 Å². The second-order valence-electron chi connectivity index (χ2n) is 4.62. The second-order valence-corrected chi connectivity index (χ2v) is 7.91. The van der Waals surface area contributed by atoms with E-state index in [0.717, 1.165) is 0 Å². The molecule has 23 heavy (non-hydrogen) atoms. The van der Waals surface area contributed by atoms with Crippen molar-refractivity contribution in [3.8, 4) is 0 Å². The Bertz CT molecular complexity index is 594. The van der Waals surface area contributed by atoms with Crippen LogP contribution in [0.15, 0.2) is 60.7 Å². The van der Waals surface area contributed by atoms with E-state index in [1.807, 2.05) is 12.1 Å². The van der Waals surface area contributed by atoms with Gasteiger partial charge >= 0.3 is 15.2 Å². The van der Waals surface area contributed by atoms with Gasteiger partial charge in [-0.2, -0.15) is 0 Å². The lowest BCUT2D eigenvalue weighted by atomic mass is 10.2. The Balaban J connectivity index is 0.000000403. The van der Waals surface area contributed by atoms with Crippen molar-refractivity contribution in [2.24, 2.45) is 0 Å². The third kappa shape index (κ3) is 12.6. The van der Waals surface area contributed by atoms with E-state index < -0.39 is 15.2 Å². The first-order valence-corrected chi connectivity index (χ1v) is 9.92. The van der Waals surface area contributed by atoms with E-state index in [-0.39, 0.29) is 35.4 Å². The lowest BCUT2D eigenvalue weighted by molar-refractivity contribution is 0.369. The zero-order valence-corrected chi connectivity index (χ0v) is 15.6. The van der Waals surface area contributed by atoms with Gasteiger partial charge in [0.05, 0.1) is 12.3 Å². The Kier molecular flexibility index (Phi) is 10.2. The minimum Gasteiger partial charge on any atom is -0.324 e. The monoisotopic (exact) mass is 368 g/mol. The van der Waals surface area contributed by atoms with Gasteiger partial charge in [-0.05, 0) is 11.1 Å². The molecule has 0 atom stereocenters. The third-order valence-corrected chi connectivity index (χ3v) is 4.02. The predicted molar refractivity (Wildman–Crippen MR) is 90.1 cm³/mol. The Hall–Kier alpha value is -0.494. The van der Waals surface area contributed by atoms with Crippen LogP contribution in [0.1, 0.15) is 11.1 Å². The van der Waals surface area contributed by atoms with E-state index in [1.54, 1.807) is 48.5 Å². The lowest BCUT2D eigenvalue weighted by Gasteiger charge is -2.01. The molecule has 4 N–H and O–H groups in total. The van der Waals surface area contributed by atoms with Crippen LogP contribution < -0.4 is 0 Å². The zero-order chi connectivity index (χ0) is 16.6. The number of rotatable bonds is 4. The Labute approximate surface area is 151 Å². The fraction of sp³-hybridized carbons (Fsp3) is 0.143. The van der Waals surface area contributed by atoms with Gasteiger partial charge in [-0.1, -0.05) is 60.7 Å². The molecule has 2 aromatic rings. The molecule has 0 aliphatic heterocycles. The number of hydrogen-bond acceptors (Lipinski definition) is 2. The van der Waals surface area contributed by atoms with Gasteiger partial charge in [0.25, 0.3) is 0 Å². The SMILES string of the molecule is O=P(O)(O)Cc1ccccc1.O=P(O)(O)Cc1ccccc1.[Mg]. The molecule has 9 heteroatoms. The van der Waals surface area contributed by atoms with Crippen LogP contribution >= 0.6 is 15.2 Å². The summed E-state index contributed by atoms with van der Waals surface area (Å²) >= 11 is 0. The van der Waals surface area contributed by atoms with Crippen LogP contribution in [-0.2, 0) is 21.5 Å². The average Bonchev–Trinajstić information content (AvgIpc) is 2.38. The van der Waals surface area contributed by atoms with Gasteiger partial charge in [-0.15, -0.1) is 0 Å². The van der Waals surface area contributed by atoms with E-state index in [4.69, 9.17) is 19.6 Å². The predicted octanol–water partition coefficient (Wildman–Crippen LogP) is 2.35. The standard InChI is InChI=1S/2C7H9O3P.Mg/c2*8-11(9,10)6-7-4-2-1-3-5-7;/h2*1-5H,6H2,(H2,8,9,10);.